The van der Waals surface area contributed by atoms with Gasteiger partial charge in [0, 0.05) is 25.2 Å². The van der Waals surface area contributed by atoms with Crippen LogP contribution in [-0.2, 0) is 4.74 Å². The lowest BCUT2D eigenvalue weighted by atomic mass is 9.87. The maximum absolute atomic E-state index is 11.8. The largest absolute Gasteiger partial charge is 0.454 e. The van der Waals surface area contributed by atoms with Crippen LogP contribution in [0.5, 0.6) is 11.5 Å². The number of ether oxygens (including phenoxy) is 3. The van der Waals surface area contributed by atoms with E-state index in [2.05, 4.69) is 17.0 Å². The number of hydrogen-bond acceptors (Lipinski definition) is 5. The third kappa shape index (κ3) is 4.15. The Morgan fingerprint density at radius 3 is 2.63 bits per heavy atom. The fourth-order valence-corrected chi connectivity index (χ4v) is 4.58. The average Bonchev–Trinajstić information content (AvgIpc) is 3.18. The predicted molar refractivity (Wildman–Crippen MR) is 102 cm³/mol. The summed E-state index contributed by atoms with van der Waals surface area (Å²) in [6.45, 7) is 7.72. The third-order valence-electron chi connectivity index (χ3n) is 6.11. The van der Waals surface area contributed by atoms with Gasteiger partial charge in [-0.2, -0.15) is 0 Å². The van der Waals surface area contributed by atoms with Gasteiger partial charge in [0.15, 0.2) is 11.5 Å². The standard InChI is InChI=1S/C21H30N2O4/c1-2-25-21(24)23-12-6-16(7-13-23)14-22-10-8-17(9-11-22)18-4-3-5-19-20(18)27-15-26-19/h3-5,16-17H,2,6-15H2,1H3. The van der Waals surface area contributed by atoms with Gasteiger partial charge in [0.2, 0.25) is 6.79 Å². The first kappa shape index (κ1) is 18.4. The molecule has 2 fully saturated rings. The van der Waals surface area contributed by atoms with Crippen LogP contribution in [0.1, 0.15) is 44.1 Å². The minimum atomic E-state index is -0.154. The van der Waals surface area contributed by atoms with Crippen molar-refractivity contribution in [3.63, 3.8) is 0 Å². The SMILES string of the molecule is CCOC(=O)N1CCC(CN2CCC(c3cccc4c3OCO4)CC2)CC1. The van der Waals surface area contributed by atoms with Crippen molar-refractivity contribution in [2.75, 3.05) is 46.1 Å². The number of piperidine rings is 2. The molecule has 0 aromatic heterocycles. The first-order chi connectivity index (χ1) is 13.2. The minimum absolute atomic E-state index is 0.154. The molecule has 0 saturated carbocycles. The van der Waals surface area contributed by atoms with E-state index in [0.29, 0.717) is 25.2 Å². The molecule has 0 unspecified atom stereocenters. The fourth-order valence-electron chi connectivity index (χ4n) is 4.58. The Bertz CT molecular complexity index is 650. The van der Waals surface area contributed by atoms with Crippen LogP contribution in [0.3, 0.4) is 0 Å². The number of likely N-dealkylation sites (tertiary alicyclic amines) is 2. The van der Waals surface area contributed by atoms with Crippen LogP contribution in [-0.4, -0.2) is 62.0 Å². The predicted octanol–water partition coefficient (Wildman–Crippen LogP) is 3.46. The summed E-state index contributed by atoms with van der Waals surface area (Å²) in [5.74, 6) is 3.10. The van der Waals surface area contributed by atoms with Crippen molar-refractivity contribution < 1.29 is 19.0 Å². The lowest BCUT2D eigenvalue weighted by Gasteiger charge is -2.37. The molecular formula is C21H30N2O4. The van der Waals surface area contributed by atoms with E-state index in [1.165, 1.54) is 18.4 Å². The van der Waals surface area contributed by atoms with Gasteiger partial charge in [0.25, 0.3) is 0 Å². The maximum atomic E-state index is 11.8. The van der Waals surface area contributed by atoms with E-state index in [1.54, 1.807) is 0 Å². The average molecular weight is 374 g/mol. The van der Waals surface area contributed by atoms with Crippen LogP contribution in [0, 0.1) is 5.92 Å². The van der Waals surface area contributed by atoms with E-state index >= 15 is 0 Å². The molecule has 1 aromatic carbocycles. The van der Waals surface area contributed by atoms with Crippen LogP contribution in [0.25, 0.3) is 0 Å². The summed E-state index contributed by atoms with van der Waals surface area (Å²) in [6, 6.07) is 6.26. The zero-order valence-corrected chi connectivity index (χ0v) is 16.2. The molecule has 3 aliphatic rings. The Balaban J connectivity index is 1.24. The van der Waals surface area contributed by atoms with Gasteiger partial charge in [-0.3, -0.25) is 0 Å². The van der Waals surface area contributed by atoms with Crippen LogP contribution in [0.2, 0.25) is 0 Å². The van der Waals surface area contributed by atoms with Crippen LogP contribution in [0.15, 0.2) is 18.2 Å². The second-order valence-corrected chi connectivity index (χ2v) is 7.79. The van der Waals surface area contributed by atoms with E-state index in [9.17, 15) is 4.79 Å². The monoisotopic (exact) mass is 374 g/mol. The molecule has 0 spiro atoms. The molecule has 148 valence electrons. The van der Waals surface area contributed by atoms with Crippen LogP contribution >= 0.6 is 0 Å². The summed E-state index contributed by atoms with van der Waals surface area (Å²) in [4.78, 5) is 16.3. The first-order valence-electron chi connectivity index (χ1n) is 10.3. The number of rotatable bonds is 4. The molecule has 27 heavy (non-hydrogen) atoms. The highest BCUT2D eigenvalue weighted by atomic mass is 16.7. The summed E-state index contributed by atoms with van der Waals surface area (Å²) in [7, 11) is 0. The highest BCUT2D eigenvalue weighted by Crippen LogP contribution is 2.42. The van der Waals surface area contributed by atoms with Gasteiger partial charge in [0.05, 0.1) is 6.61 Å². The van der Waals surface area contributed by atoms with Crippen molar-refractivity contribution in [1.82, 2.24) is 9.80 Å². The summed E-state index contributed by atoms with van der Waals surface area (Å²) in [5.41, 5.74) is 1.31. The summed E-state index contributed by atoms with van der Waals surface area (Å²) in [5, 5.41) is 0. The van der Waals surface area contributed by atoms with Crippen molar-refractivity contribution >= 4 is 6.09 Å². The molecule has 0 atom stereocenters. The van der Waals surface area contributed by atoms with Crippen LogP contribution < -0.4 is 9.47 Å². The van der Waals surface area contributed by atoms with E-state index in [0.717, 1.165) is 57.1 Å². The lowest BCUT2D eigenvalue weighted by Crippen LogP contribution is -2.43. The lowest BCUT2D eigenvalue weighted by molar-refractivity contribution is 0.0830. The molecule has 3 aliphatic heterocycles. The molecule has 3 heterocycles. The third-order valence-corrected chi connectivity index (χ3v) is 6.11. The molecule has 6 nitrogen and oxygen atoms in total. The molecule has 0 aliphatic carbocycles. The van der Waals surface area contributed by atoms with Gasteiger partial charge in [-0.1, -0.05) is 12.1 Å². The van der Waals surface area contributed by atoms with Gasteiger partial charge in [0.1, 0.15) is 0 Å². The van der Waals surface area contributed by atoms with Gasteiger partial charge in [-0.15, -0.1) is 0 Å². The number of nitrogens with zero attached hydrogens (tertiary/aromatic N) is 2. The quantitative estimate of drug-likeness (QED) is 0.808. The Morgan fingerprint density at radius 1 is 1.11 bits per heavy atom. The maximum Gasteiger partial charge on any atom is 0.409 e. The Labute approximate surface area is 161 Å². The molecule has 1 aromatic rings. The number of benzene rings is 1. The van der Waals surface area contributed by atoms with Crippen molar-refractivity contribution in [3.8, 4) is 11.5 Å². The molecule has 2 saturated heterocycles. The van der Waals surface area contributed by atoms with Gasteiger partial charge in [-0.05, 0) is 63.6 Å². The normalized spacial score (nSPS) is 21.4. The molecule has 0 N–H and O–H groups in total. The zero-order chi connectivity index (χ0) is 18.6. The van der Waals surface area contributed by atoms with Crippen LogP contribution in [0.4, 0.5) is 4.79 Å². The number of carbonyl (C=O) groups excluding carboxylic acids is 1. The van der Waals surface area contributed by atoms with Gasteiger partial charge in [-0.25, -0.2) is 4.79 Å². The first-order valence-corrected chi connectivity index (χ1v) is 10.3. The molecule has 0 radical (unpaired) electrons. The molecule has 1 amide bonds. The van der Waals surface area contributed by atoms with E-state index in [1.807, 2.05) is 17.9 Å². The highest BCUT2D eigenvalue weighted by Gasteiger charge is 2.29. The summed E-state index contributed by atoms with van der Waals surface area (Å²) in [6.07, 6.45) is 4.34. The fraction of sp³-hybridized carbons (Fsp3) is 0.667. The van der Waals surface area contributed by atoms with Crippen molar-refractivity contribution in [2.24, 2.45) is 5.92 Å². The van der Waals surface area contributed by atoms with Gasteiger partial charge < -0.3 is 24.0 Å². The van der Waals surface area contributed by atoms with E-state index in [-0.39, 0.29) is 6.09 Å². The van der Waals surface area contributed by atoms with E-state index in [4.69, 9.17) is 14.2 Å². The van der Waals surface area contributed by atoms with Crippen molar-refractivity contribution in [2.45, 2.75) is 38.5 Å². The Morgan fingerprint density at radius 2 is 1.89 bits per heavy atom. The summed E-state index contributed by atoms with van der Waals surface area (Å²) < 4.78 is 16.3. The number of fused-ring (bicyclic) bond motifs is 1. The highest BCUT2D eigenvalue weighted by molar-refractivity contribution is 5.67. The Kier molecular flexibility index (Phi) is 5.72. The molecule has 0 bridgehead atoms. The number of hydrogen-bond donors (Lipinski definition) is 0. The smallest absolute Gasteiger partial charge is 0.409 e. The second kappa shape index (κ2) is 8.38. The Hall–Kier alpha value is -1.95. The van der Waals surface area contributed by atoms with Crippen molar-refractivity contribution in [1.29, 1.82) is 0 Å². The van der Waals surface area contributed by atoms with Gasteiger partial charge >= 0.3 is 6.09 Å². The number of carbonyl (C=O) groups is 1. The molecule has 6 heteroatoms. The summed E-state index contributed by atoms with van der Waals surface area (Å²) >= 11 is 0. The molecular weight excluding hydrogens is 344 g/mol. The second-order valence-electron chi connectivity index (χ2n) is 7.79. The number of para-hydroxylation sites is 1. The minimum Gasteiger partial charge on any atom is -0.454 e. The topological polar surface area (TPSA) is 51.2 Å². The van der Waals surface area contributed by atoms with E-state index < -0.39 is 0 Å². The molecule has 4 rings (SSSR count). The van der Waals surface area contributed by atoms with Crippen molar-refractivity contribution in [3.05, 3.63) is 23.8 Å². The number of amides is 1. The zero-order valence-electron chi connectivity index (χ0n) is 16.2.